The van der Waals surface area contributed by atoms with Gasteiger partial charge >= 0.3 is 11.4 Å². The molecule has 0 fully saturated rings. The second-order valence-electron chi connectivity index (χ2n) is 1.03. The Balaban J connectivity index is 2.82. The molecule has 8 heavy (non-hydrogen) atoms. The molecule has 5 heteroatoms. The standard InChI is InChI=1S/C3H8O3S2/c1-7-3-2-6-8(4)5/h2-3H2,1H3,(H,4,5). The first kappa shape index (κ1) is 8.42. The lowest BCUT2D eigenvalue weighted by molar-refractivity contribution is 0.328. The summed E-state index contributed by atoms with van der Waals surface area (Å²) in [7, 11) is 0. The molecule has 0 radical (unpaired) electrons. The van der Waals surface area contributed by atoms with Crippen LogP contribution in [0.15, 0.2) is 0 Å². The van der Waals surface area contributed by atoms with Crippen LogP contribution < -0.4 is 0 Å². The van der Waals surface area contributed by atoms with Crippen molar-refractivity contribution in [3.8, 4) is 0 Å². The Hall–Kier alpha value is 0.420. The van der Waals surface area contributed by atoms with Crippen molar-refractivity contribution in [2.24, 2.45) is 0 Å². The molecule has 50 valence electrons. The molecule has 0 amide bonds. The van der Waals surface area contributed by atoms with Crippen molar-refractivity contribution >= 4 is 23.1 Å². The Kier molecular flexibility index (Phi) is 5.85. The van der Waals surface area contributed by atoms with Gasteiger partial charge in [0.25, 0.3) is 0 Å². The van der Waals surface area contributed by atoms with Gasteiger partial charge in [-0.25, -0.2) is 0 Å². The van der Waals surface area contributed by atoms with E-state index in [2.05, 4.69) is 4.18 Å². The summed E-state index contributed by atoms with van der Waals surface area (Å²) in [6.45, 7) is 0.338. The Bertz CT molecular complexity index is 74.9. The Morgan fingerprint density at radius 1 is 1.88 bits per heavy atom. The highest BCUT2D eigenvalue weighted by Gasteiger charge is 1.89. The van der Waals surface area contributed by atoms with E-state index in [0.29, 0.717) is 6.61 Å². The quantitative estimate of drug-likeness (QED) is 0.475. The average molecular weight is 156 g/mol. The fourth-order valence-electron chi connectivity index (χ4n) is 0.189. The highest BCUT2D eigenvalue weighted by atomic mass is 32.2. The fourth-order valence-corrected chi connectivity index (χ4v) is 0.770. The maximum absolute atomic E-state index is 9.75. The maximum Gasteiger partial charge on any atom is 0.301 e. The number of hydrogen-bond donors (Lipinski definition) is 1. The largest absolute Gasteiger partial charge is 0.301 e. The van der Waals surface area contributed by atoms with Gasteiger partial charge in [0.15, 0.2) is 0 Å². The molecule has 1 atom stereocenters. The molecule has 3 nitrogen and oxygen atoms in total. The molecule has 0 spiro atoms. The van der Waals surface area contributed by atoms with Gasteiger partial charge in [-0.1, -0.05) is 0 Å². The van der Waals surface area contributed by atoms with Crippen LogP contribution in [0.5, 0.6) is 0 Å². The SMILES string of the molecule is CSCCOS(=O)O. The zero-order valence-electron chi connectivity index (χ0n) is 4.49. The zero-order chi connectivity index (χ0) is 6.41. The van der Waals surface area contributed by atoms with E-state index in [1.165, 1.54) is 0 Å². The molecule has 0 bridgehead atoms. The maximum atomic E-state index is 9.75. The van der Waals surface area contributed by atoms with Gasteiger partial charge in [0, 0.05) is 5.75 Å². The van der Waals surface area contributed by atoms with Gasteiger partial charge in [0.05, 0.1) is 6.61 Å². The van der Waals surface area contributed by atoms with E-state index in [4.69, 9.17) is 4.55 Å². The summed E-state index contributed by atoms with van der Waals surface area (Å²) in [5, 5.41) is 0. The zero-order valence-corrected chi connectivity index (χ0v) is 6.13. The lowest BCUT2D eigenvalue weighted by Crippen LogP contribution is -1.98. The summed E-state index contributed by atoms with van der Waals surface area (Å²) in [6.07, 6.45) is 1.91. The average Bonchev–Trinajstić information content (AvgIpc) is 1.66. The van der Waals surface area contributed by atoms with Gasteiger partial charge in [-0.2, -0.15) is 16.0 Å². The molecule has 0 aliphatic rings. The third kappa shape index (κ3) is 6.42. The molecule has 0 aliphatic heterocycles. The molecule has 0 saturated heterocycles. The van der Waals surface area contributed by atoms with E-state index >= 15 is 0 Å². The summed E-state index contributed by atoms with van der Waals surface area (Å²) in [6, 6.07) is 0. The van der Waals surface area contributed by atoms with Crippen molar-refractivity contribution in [2.45, 2.75) is 0 Å². The topological polar surface area (TPSA) is 46.5 Å². The van der Waals surface area contributed by atoms with E-state index in [0.717, 1.165) is 5.75 Å². The minimum absolute atomic E-state index is 0.338. The lowest BCUT2D eigenvalue weighted by atomic mass is 10.9. The van der Waals surface area contributed by atoms with Crippen molar-refractivity contribution in [2.75, 3.05) is 18.6 Å². The van der Waals surface area contributed by atoms with E-state index in [1.807, 2.05) is 6.26 Å². The summed E-state index contributed by atoms with van der Waals surface area (Å²) in [5.74, 6) is 0.756. The Morgan fingerprint density at radius 3 is 2.88 bits per heavy atom. The molecule has 0 aromatic rings. The second-order valence-corrected chi connectivity index (χ2v) is 2.69. The highest BCUT2D eigenvalue weighted by Crippen LogP contribution is 1.90. The van der Waals surface area contributed by atoms with Crippen LogP contribution in [0.25, 0.3) is 0 Å². The molecule has 0 aromatic heterocycles. The van der Waals surface area contributed by atoms with E-state index in [-0.39, 0.29) is 0 Å². The third-order valence-electron chi connectivity index (χ3n) is 0.472. The third-order valence-corrected chi connectivity index (χ3v) is 1.41. The van der Waals surface area contributed by atoms with E-state index < -0.39 is 11.4 Å². The Morgan fingerprint density at radius 2 is 2.50 bits per heavy atom. The molecular weight excluding hydrogens is 148 g/mol. The second kappa shape index (κ2) is 5.55. The molecule has 0 rings (SSSR count). The van der Waals surface area contributed by atoms with Gasteiger partial charge in [-0.15, -0.1) is 0 Å². The van der Waals surface area contributed by atoms with Gasteiger partial charge < -0.3 is 0 Å². The first-order chi connectivity index (χ1) is 3.77. The van der Waals surface area contributed by atoms with E-state index in [1.54, 1.807) is 11.8 Å². The summed E-state index contributed by atoms with van der Waals surface area (Å²) < 4.78 is 22.1. The van der Waals surface area contributed by atoms with Gasteiger partial charge in [-0.3, -0.25) is 8.74 Å². The molecule has 0 aliphatic carbocycles. The molecule has 0 heterocycles. The van der Waals surface area contributed by atoms with Crippen molar-refractivity contribution in [3.63, 3.8) is 0 Å². The lowest BCUT2D eigenvalue weighted by Gasteiger charge is -1.92. The van der Waals surface area contributed by atoms with E-state index in [9.17, 15) is 4.21 Å². The molecule has 1 unspecified atom stereocenters. The van der Waals surface area contributed by atoms with Gasteiger partial charge in [0.2, 0.25) is 0 Å². The van der Waals surface area contributed by atoms with Crippen LogP contribution in [0.1, 0.15) is 0 Å². The Labute approximate surface area is 55.3 Å². The predicted molar refractivity (Wildman–Crippen MR) is 35.1 cm³/mol. The van der Waals surface area contributed by atoms with Crippen molar-refractivity contribution in [1.82, 2.24) is 0 Å². The van der Waals surface area contributed by atoms with Crippen LogP contribution in [0, 0.1) is 0 Å². The first-order valence-corrected chi connectivity index (χ1v) is 4.43. The smallest absolute Gasteiger partial charge is 0.284 e. The molecule has 0 saturated carbocycles. The molecule has 1 N–H and O–H groups in total. The molecular formula is C3H8O3S2. The van der Waals surface area contributed by atoms with Crippen LogP contribution in [0.3, 0.4) is 0 Å². The number of rotatable bonds is 4. The predicted octanol–water partition coefficient (Wildman–Crippen LogP) is 0.503. The summed E-state index contributed by atoms with van der Waals surface area (Å²) in [4.78, 5) is 0. The van der Waals surface area contributed by atoms with Crippen molar-refractivity contribution < 1.29 is 12.9 Å². The van der Waals surface area contributed by atoms with Crippen molar-refractivity contribution in [1.29, 1.82) is 0 Å². The summed E-state index contributed by atoms with van der Waals surface area (Å²) >= 11 is -0.507. The monoisotopic (exact) mass is 156 g/mol. The van der Waals surface area contributed by atoms with Gasteiger partial charge in [0.1, 0.15) is 0 Å². The highest BCUT2D eigenvalue weighted by molar-refractivity contribution is 7.98. The minimum Gasteiger partial charge on any atom is -0.284 e. The van der Waals surface area contributed by atoms with Crippen LogP contribution >= 0.6 is 11.8 Å². The first-order valence-electron chi connectivity index (χ1n) is 2.00. The van der Waals surface area contributed by atoms with Crippen LogP contribution in [0.4, 0.5) is 0 Å². The molecule has 0 aromatic carbocycles. The number of thioether (sulfide) groups is 1. The van der Waals surface area contributed by atoms with Crippen molar-refractivity contribution in [3.05, 3.63) is 0 Å². The normalized spacial score (nSPS) is 13.8. The van der Waals surface area contributed by atoms with Gasteiger partial charge in [-0.05, 0) is 6.26 Å². The van der Waals surface area contributed by atoms with Crippen LogP contribution in [0.2, 0.25) is 0 Å². The minimum atomic E-state index is -2.08. The van der Waals surface area contributed by atoms with Crippen LogP contribution in [-0.4, -0.2) is 27.4 Å². The fraction of sp³-hybridized carbons (Fsp3) is 1.00. The van der Waals surface area contributed by atoms with Crippen LogP contribution in [-0.2, 0) is 15.5 Å². The summed E-state index contributed by atoms with van der Waals surface area (Å²) in [5.41, 5.74) is 0. The number of hydrogen-bond acceptors (Lipinski definition) is 3.